The molecule has 0 radical (unpaired) electrons. The molecule has 0 aliphatic heterocycles. The van der Waals surface area contributed by atoms with Gasteiger partial charge in [-0.2, -0.15) is 0 Å². The highest BCUT2D eigenvalue weighted by molar-refractivity contribution is 5.75. The van der Waals surface area contributed by atoms with Gasteiger partial charge in [-0.3, -0.25) is 0 Å². The average Bonchev–Trinajstić information content (AvgIpc) is 2.73. The summed E-state index contributed by atoms with van der Waals surface area (Å²) in [6.07, 6.45) is 0.257. The van der Waals surface area contributed by atoms with Gasteiger partial charge in [-0.1, -0.05) is 92.7 Å². The van der Waals surface area contributed by atoms with E-state index in [9.17, 15) is 9.59 Å². The molecule has 3 aromatic rings. The molecule has 0 atom stereocenters. The highest BCUT2D eigenvalue weighted by Crippen LogP contribution is 2.25. The molecule has 4 nitrogen and oxygen atoms in total. The van der Waals surface area contributed by atoms with Gasteiger partial charge in [-0.15, -0.1) is 0 Å². The summed E-state index contributed by atoms with van der Waals surface area (Å²) in [6.45, 7) is 3.78. The molecule has 0 unspecified atom stereocenters. The number of hydrogen-bond donors (Lipinski definition) is 0. The molecule has 3 aromatic carbocycles. The third-order valence-electron chi connectivity index (χ3n) is 4.43. The zero-order valence-corrected chi connectivity index (χ0v) is 16.6. The molecule has 0 aromatic heterocycles. The first-order valence-corrected chi connectivity index (χ1v) is 9.66. The van der Waals surface area contributed by atoms with Gasteiger partial charge in [0.2, 0.25) is 0 Å². The Labute approximate surface area is 171 Å². The number of carbonyl (C=O) groups is 2. The minimum absolute atomic E-state index is 0.0438. The molecular formula is C25H24O4. The molecular weight excluding hydrogens is 364 g/mol. The SMILES string of the molecule is CC(C)CC(=O)OOC(=O)Cc1ccc(-c2ccc(-c3ccccc3)cc2)cc1. The third kappa shape index (κ3) is 6.04. The van der Waals surface area contributed by atoms with Crippen LogP contribution in [-0.4, -0.2) is 11.9 Å². The molecule has 0 bridgehead atoms. The van der Waals surface area contributed by atoms with Crippen molar-refractivity contribution in [3.8, 4) is 22.3 Å². The lowest BCUT2D eigenvalue weighted by Crippen LogP contribution is -2.14. The first-order chi connectivity index (χ1) is 14.0. The van der Waals surface area contributed by atoms with E-state index in [1.807, 2.05) is 56.3 Å². The van der Waals surface area contributed by atoms with Gasteiger partial charge >= 0.3 is 11.9 Å². The van der Waals surface area contributed by atoms with E-state index in [1.54, 1.807) is 0 Å². The maximum Gasteiger partial charge on any atom is 0.359 e. The summed E-state index contributed by atoms with van der Waals surface area (Å²) >= 11 is 0. The van der Waals surface area contributed by atoms with Crippen LogP contribution in [-0.2, 0) is 25.8 Å². The fourth-order valence-electron chi connectivity index (χ4n) is 2.96. The van der Waals surface area contributed by atoms with Gasteiger partial charge in [0.05, 0.1) is 12.8 Å². The van der Waals surface area contributed by atoms with E-state index in [4.69, 9.17) is 0 Å². The van der Waals surface area contributed by atoms with Crippen LogP contribution in [0.1, 0.15) is 25.8 Å². The Hall–Kier alpha value is -3.40. The highest BCUT2D eigenvalue weighted by Gasteiger charge is 2.12. The molecule has 0 N–H and O–H groups in total. The maximum atomic E-state index is 11.8. The molecule has 0 amide bonds. The van der Waals surface area contributed by atoms with E-state index in [1.165, 1.54) is 11.1 Å². The topological polar surface area (TPSA) is 52.6 Å². The first kappa shape index (κ1) is 20.3. The van der Waals surface area contributed by atoms with Crippen molar-refractivity contribution in [3.63, 3.8) is 0 Å². The van der Waals surface area contributed by atoms with Crippen LogP contribution in [0.25, 0.3) is 22.3 Å². The summed E-state index contributed by atoms with van der Waals surface area (Å²) in [5.41, 5.74) is 5.30. The first-order valence-electron chi connectivity index (χ1n) is 9.66. The van der Waals surface area contributed by atoms with Gasteiger partial charge in [0.1, 0.15) is 0 Å². The van der Waals surface area contributed by atoms with Crippen LogP contribution in [0.5, 0.6) is 0 Å². The highest BCUT2D eigenvalue weighted by atomic mass is 17.2. The lowest BCUT2D eigenvalue weighted by Gasteiger charge is -2.07. The zero-order valence-electron chi connectivity index (χ0n) is 16.6. The number of carbonyl (C=O) groups excluding carboxylic acids is 2. The lowest BCUT2D eigenvalue weighted by atomic mass is 9.99. The third-order valence-corrected chi connectivity index (χ3v) is 4.43. The van der Waals surface area contributed by atoms with Crippen molar-refractivity contribution in [2.24, 2.45) is 5.92 Å². The number of hydrogen-bond acceptors (Lipinski definition) is 4. The van der Waals surface area contributed by atoms with Crippen molar-refractivity contribution in [3.05, 3.63) is 84.4 Å². The molecule has 29 heavy (non-hydrogen) atoms. The lowest BCUT2D eigenvalue weighted by molar-refractivity contribution is -0.259. The van der Waals surface area contributed by atoms with E-state index < -0.39 is 11.9 Å². The molecule has 0 saturated heterocycles. The monoisotopic (exact) mass is 388 g/mol. The molecule has 0 aliphatic carbocycles. The Morgan fingerprint density at radius 3 is 1.62 bits per heavy atom. The van der Waals surface area contributed by atoms with Gasteiger partial charge in [0, 0.05) is 0 Å². The fraction of sp³-hybridized carbons (Fsp3) is 0.200. The zero-order chi connectivity index (χ0) is 20.6. The molecule has 0 heterocycles. The minimum Gasteiger partial charge on any atom is -0.247 e. The molecule has 3 rings (SSSR count). The maximum absolute atomic E-state index is 11.8. The summed E-state index contributed by atoms with van der Waals surface area (Å²) in [5, 5.41) is 0. The Balaban J connectivity index is 1.57. The van der Waals surface area contributed by atoms with Crippen LogP contribution in [0.3, 0.4) is 0 Å². The van der Waals surface area contributed by atoms with Crippen LogP contribution in [0.15, 0.2) is 78.9 Å². The van der Waals surface area contributed by atoms with Gasteiger partial charge in [-0.05, 0) is 33.7 Å². The van der Waals surface area contributed by atoms with Gasteiger partial charge in [0.15, 0.2) is 0 Å². The van der Waals surface area contributed by atoms with Crippen LogP contribution < -0.4 is 0 Å². The molecule has 0 fully saturated rings. The predicted molar refractivity (Wildman–Crippen MR) is 113 cm³/mol. The van der Waals surface area contributed by atoms with Crippen molar-refractivity contribution in [1.29, 1.82) is 0 Å². The summed E-state index contributed by atoms with van der Waals surface area (Å²) in [7, 11) is 0. The van der Waals surface area contributed by atoms with Crippen molar-refractivity contribution in [1.82, 2.24) is 0 Å². The number of rotatable bonds is 6. The largest absolute Gasteiger partial charge is 0.359 e. The second kappa shape index (κ2) is 9.69. The van der Waals surface area contributed by atoms with E-state index in [0.29, 0.717) is 0 Å². The summed E-state index contributed by atoms with van der Waals surface area (Å²) in [5.74, 6) is -0.986. The van der Waals surface area contributed by atoms with E-state index >= 15 is 0 Å². The molecule has 4 heteroatoms. The molecule has 0 aliphatic rings. The number of benzene rings is 3. The van der Waals surface area contributed by atoms with Crippen LogP contribution in [0.4, 0.5) is 0 Å². The van der Waals surface area contributed by atoms with Crippen LogP contribution in [0.2, 0.25) is 0 Å². The Morgan fingerprint density at radius 2 is 1.10 bits per heavy atom. The quantitative estimate of drug-likeness (QED) is 0.407. The summed E-state index contributed by atoms with van der Waals surface area (Å²) in [6, 6.07) is 26.3. The summed E-state index contributed by atoms with van der Waals surface area (Å²) < 4.78 is 0. The second-order valence-corrected chi connectivity index (χ2v) is 7.33. The van der Waals surface area contributed by atoms with E-state index in [2.05, 4.69) is 46.2 Å². The van der Waals surface area contributed by atoms with Crippen molar-refractivity contribution in [2.75, 3.05) is 0 Å². The van der Waals surface area contributed by atoms with Gasteiger partial charge < -0.3 is 0 Å². The van der Waals surface area contributed by atoms with Crippen molar-refractivity contribution >= 4 is 11.9 Å². The van der Waals surface area contributed by atoms with Crippen LogP contribution in [0, 0.1) is 5.92 Å². The van der Waals surface area contributed by atoms with Crippen molar-refractivity contribution in [2.45, 2.75) is 26.7 Å². The second-order valence-electron chi connectivity index (χ2n) is 7.33. The minimum atomic E-state index is -0.595. The molecule has 0 spiro atoms. The Morgan fingerprint density at radius 1 is 0.655 bits per heavy atom. The van der Waals surface area contributed by atoms with Gasteiger partial charge in [0.25, 0.3) is 0 Å². The van der Waals surface area contributed by atoms with Gasteiger partial charge in [-0.25, -0.2) is 19.4 Å². The van der Waals surface area contributed by atoms with Crippen LogP contribution >= 0.6 is 0 Å². The predicted octanol–water partition coefficient (Wildman–Crippen LogP) is 5.61. The Bertz CT molecular complexity index is 942. The van der Waals surface area contributed by atoms with Crippen molar-refractivity contribution < 1.29 is 19.4 Å². The molecule has 0 saturated carbocycles. The molecule has 148 valence electrons. The summed E-state index contributed by atoms with van der Waals surface area (Å²) in [4.78, 5) is 32.4. The normalized spacial score (nSPS) is 10.6. The van der Waals surface area contributed by atoms with E-state index in [-0.39, 0.29) is 18.8 Å². The fourth-order valence-corrected chi connectivity index (χ4v) is 2.96. The average molecular weight is 388 g/mol. The smallest absolute Gasteiger partial charge is 0.247 e. The Kier molecular flexibility index (Phi) is 6.80. The van der Waals surface area contributed by atoms with E-state index in [0.717, 1.165) is 16.7 Å². The standard InChI is InChI=1S/C25H24O4/c1-18(2)16-24(26)28-29-25(27)17-19-8-10-21(11-9-19)23-14-12-22(13-15-23)20-6-4-3-5-7-20/h3-15,18H,16-17H2,1-2H3.